The van der Waals surface area contributed by atoms with Crippen molar-refractivity contribution < 1.29 is 19.0 Å². The van der Waals surface area contributed by atoms with Crippen molar-refractivity contribution in [3.05, 3.63) is 46.4 Å². The minimum Gasteiger partial charge on any atom is -0.478 e. The van der Waals surface area contributed by atoms with Crippen molar-refractivity contribution in [2.75, 3.05) is 0 Å². The first-order valence-corrected chi connectivity index (χ1v) is 6.34. The highest BCUT2D eigenvalue weighted by Crippen LogP contribution is 2.30. The number of carboxylic acids is 1. The first kappa shape index (κ1) is 15.1. The molecule has 110 valence electrons. The van der Waals surface area contributed by atoms with Gasteiger partial charge in [0.15, 0.2) is 0 Å². The Kier molecular flexibility index (Phi) is 4.28. The first-order chi connectivity index (χ1) is 9.88. The van der Waals surface area contributed by atoms with Crippen LogP contribution in [-0.2, 0) is 11.8 Å². The predicted octanol–water partition coefficient (Wildman–Crippen LogP) is 3.41. The molecule has 1 aromatic carbocycles. The van der Waals surface area contributed by atoms with Gasteiger partial charge in [-0.2, -0.15) is 5.10 Å². The van der Waals surface area contributed by atoms with Crippen LogP contribution in [0.1, 0.15) is 11.3 Å². The largest absolute Gasteiger partial charge is 0.478 e. The van der Waals surface area contributed by atoms with Gasteiger partial charge in [0.25, 0.3) is 0 Å². The fourth-order valence-electron chi connectivity index (χ4n) is 1.77. The van der Waals surface area contributed by atoms with Crippen LogP contribution in [0.25, 0.3) is 6.08 Å². The Balaban J connectivity index is 2.39. The van der Waals surface area contributed by atoms with Gasteiger partial charge in [-0.3, -0.25) is 0 Å². The van der Waals surface area contributed by atoms with Gasteiger partial charge in [-0.15, -0.1) is 0 Å². The summed E-state index contributed by atoms with van der Waals surface area (Å²) in [5.41, 5.74) is 1.14. The van der Waals surface area contributed by atoms with Crippen molar-refractivity contribution in [1.29, 1.82) is 0 Å². The number of aryl methyl sites for hydroxylation is 2. The van der Waals surface area contributed by atoms with Crippen LogP contribution in [0, 0.1) is 12.7 Å². The van der Waals surface area contributed by atoms with Crippen molar-refractivity contribution >= 4 is 23.6 Å². The summed E-state index contributed by atoms with van der Waals surface area (Å²) in [4.78, 5) is 10.6. The molecule has 0 aliphatic carbocycles. The summed E-state index contributed by atoms with van der Waals surface area (Å²) < 4.78 is 20.2. The molecule has 1 aromatic heterocycles. The van der Waals surface area contributed by atoms with Crippen molar-refractivity contribution in [2.24, 2.45) is 7.05 Å². The lowest BCUT2D eigenvalue weighted by Crippen LogP contribution is -1.96. The lowest BCUT2D eigenvalue weighted by Gasteiger charge is -2.07. The van der Waals surface area contributed by atoms with Crippen molar-refractivity contribution in [1.82, 2.24) is 9.78 Å². The number of aromatic nitrogens is 2. The molecular weight excluding hydrogens is 299 g/mol. The average molecular weight is 311 g/mol. The van der Waals surface area contributed by atoms with Gasteiger partial charge in [0.05, 0.1) is 16.3 Å². The number of aliphatic carboxylic acids is 1. The summed E-state index contributed by atoms with van der Waals surface area (Å²) in [7, 11) is 1.66. The third-order valence-electron chi connectivity index (χ3n) is 2.71. The third-order valence-corrected chi connectivity index (χ3v) is 3.00. The van der Waals surface area contributed by atoms with Gasteiger partial charge in [-0.1, -0.05) is 11.6 Å². The van der Waals surface area contributed by atoms with Gasteiger partial charge in [-0.05, 0) is 25.1 Å². The molecule has 0 radical (unpaired) electrons. The van der Waals surface area contributed by atoms with E-state index in [4.69, 9.17) is 21.4 Å². The van der Waals surface area contributed by atoms with E-state index in [1.54, 1.807) is 14.0 Å². The molecule has 7 heteroatoms. The van der Waals surface area contributed by atoms with Crippen LogP contribution in [0.2, 0.25) is 5.02 Å². The molecule has 0 amide bonds. The second-order valence-corrected chi connectivity index (χ2v) is 4.68. The number of carbonyl (C=O) groups is 1. The normalized spacial score (nSPS) is 11.0. The van der Waals surface area contributed by atoms with E-state index in [1.807, 2.05) is 0 Å². The van der Waals surface area contributed by atoms with E-state index in [0.29, 0.717) is 22.9 Å². The molecule has 2 aromatic rings. The number of hydrogen-bond acceptors (Lipinski definition) is 3. The Bertz CT molecular complexity index is 725. The molecule has 0 fully saturated rings. The second-order valence-electron chi connectivity index (χ2n) is 4.28. The Morgan fingerprint density at radius 2 is 2.24 bits per heavy atom. The van der Waals surface area contributed by atoms with E-state index in [9.17, 15) is 9.18 Å². The maximum Gasteiger partial charge on any atom is 0.328 e. The Labute approximate surface area is 125 Å². The summed E-state index contributed by atoms with van der Waals surface area (Å²) in [6, 6.07) is 3.95. The molecule has 0 spiro atoms. The predicted molar refractivity (Wildman–Crippen MR) is 76.1 cm³/mol. The summed E-state index contributed by atoms with van der Waals surface area (Å²) in [5.74, 6) is -0.952. The molecule has 1 N–H and O–H groups in total. The quantitative estimate of drug-likeness (QED) is 0.879. The van der Waals surface area contributed by atoms with Gasteiger partial charge in [-0.25, -0.2) is 13.9 Å². The van der Waals surface area contributed by atoms with Gasteiger partial charge in [0.2, 0.25) is 5.88 Å². The number of hydrogen-bond donors (Lipinski definition) is 1. The van der Waals surface area contributed by atoms with E-state index in [1.165, 1.54) is 29.0 Å². The Morgan fingerprint density at radius 3 is 2.86 bits per heavy atom. The van der Waals surface area contributed by atoms with Crippen LogP contribution in [0.5, 0.6) is 11.6 Å². The van der Waals surface area contributed by atoms with Crippen LogP contribution in [0.4, 0.5) is 4.39 Å². The van der Waals surface area contributed by atoms with E-state index >= 15 is 0 Å². The standard InChI is InChI=1S/C14H12ClFN2O3/c1-8-10(4-6-13(19)20)14(18(2)17-8)21-9-3-5-12(16)11(15)7-9/h3-7H,1-2H3,(H,19,20). The summed E-state index contributed by atoms with van der Waals surface area (Å²) in [5, 5.41) is 12.8. The van der Waals surface area contributed by atoms with Gasteiger partial charge in [0.1, 0.15) is 11.6 Å². The van der Waals surface area contributed by atoms with Gasteiger partial charge < -0.3 is 9.84 Å². The van der Waals surface area contributed by atoms with Crippen LogP contribution < -0.4 is 4.74 Å². The van der Waals surface area contributed by atoms with Crippen LogP contribution in [-0.4, -0.2) is 20.9 Å². The fourth-order valence-corrected chi connectivity index (χ4v) is 1.94. The Hall–Kier alpha value is -2.34. The molecule has 0 aliphatic heterocycles. The summed E-state index contributed by atoms with van der Waals surface area (Å²) >= 11 is 5.70. The maximum atomic E-state index is 13.1. The van der Waals surface area contributed by atoms with Crippen LogP contribution >= 0.6 is 11.6 Å². The molecule has 0 atom stereocenters. The fraction of sp³-hybridized carbons (Fsp3) is 0.143. The zero-order valence-corrected chi connectivity index (χ0v) is 12.1. The zero-order valence-electron chi connectivity index (χ0n) is 11.3. The van der Waals surface area contributed by atoms with E-state index in [-0.39, 0.29) is 5.02 Å². The zero-order chi connectivity index (χ0) is 15.6. The smallest absolute Gasteiger partial charge is 0.328 e. The highest BCUT2D eigenvalue weighted by atomic mass is 35.5. The SMILES string of the molecule is Cc1nn(C)c(Oc2ccc(F)c(Cl)c2)c1C=CC(=O)O. The molecule has 0 aliphatic rings. The topological polar surface area (TPSA) is 64.4 Å². The molecule has 0 unspecified atom stereocenters. The van der Waals surface area contributed by atoms with Gasteiger partial charge >= 0.3 is 5.97 Å². The molecule has 2 rings (SSSR count). The number of ether oxygens (including phenoxy) is 1. The van der Waals surface area contributed by atoms with E-state index < -0.39 is 11.8 Å². The molecule has 0 bridgehead atoms. The van der Waals surface area contributed by atoms with Crippen molar-refractivity contribution in [3.63, 3.8) is 0 Å². The number of halogens is 2. The molecule has 5 nitrogen and oxygen atoms in total. The number of benzene rings is 1. The second kappa shape index (κ2) is 5.97. The van der Waals surface area contributed by atoms with Gasteiger partial charge in [0, 0.05) is 19.2 Å². The summed E-state index contributed by atoms with van der Waals surface area (Å²) in [6.45, 7) is 1.73. The number of nitrogens with zero attached hydrogens (tertiary/aromatic N) is 2. The van der Waals surface area contributed by atoms with Crippen LogP contribution in [0.3, 0.4) is 0 Å². The molecule has 0 saturated carbocycles. The molecular formula is C14H12ClFN2O3. The Morgan fingerprint density at radius 1 is 1.52 bits per heavy atom. The lowest BCUT2D eigenvalue weighted by atomic mass is 10.2. The first-order valence-electron chi connectivity index (χ1n) is 5.96. The molecule has 1 heterocycles. The summed E-state index contributed by atoms with van der Waals surface area (Å²) in [6.07, 6.45) is 2.39. The average Bonchev–Trinajstić information content (AvgIpc) is 2.66. The third kappa shape index (κ3) is 3.41. The minimum atomic E-state index is -1.07. The minimum absolute atomic E-state index is 0.0611. The lowest BCUT2D eigenvalue weighted by molar-refractivity contribution is -0.131. The van der Waals surface area contributed by atoms with Crippen molar-refractivity contribution in [2.45, 2.75) is 6.92 Å². The maximum absolute atomic E-state index is 13.1. The number of rotatable bonds is 4. The molecule has 21 heavy (non-hydrogen) atoms. The van der Waals surface area contributed by atoms with E-state index in [0.717, 1.165) is 6.08 Å². The molecule has 0 saturated heterocycles. The van der Waals surface area contributed by atoms with Crippen LogP contribution in [0.15, 0.2) is 24.3 Å². The van der Waals surface area contributed by atoms with E-state index in [2.05, 4.69) is 5.10 Å². The highest BCUT2D eigenvalue weighted by molar-refractivity contribution is 6.30. The van der Waals surface area contributed by atoms with Crippen molar-refractivity contribution in [3.8, 4) is 11.6 Å². The monoisotopic (exact) mass is 310 g/mol. The highest BCUT2D eigenvalue weighted by Gasteiger charge is 2.14. The number of carboxylic acid groups (broad SMARTS) is 1.